The van der Waals surface area contributed by atoms with Gasteiger partial charge in [0.1, 0.15) is 0 Å². The molecule has 6 nitrogen and oxygen atoms in total. The molecule has 2 N–H and O–H groups in total. The summed E-state index contributed by atoms with van der Waals surface area (Å²) >= 11 is 5.79. The molecule has 1 heterocycles. The van der Waals surface area contributed by atoms with Gasteiger partial charge < -0.3 is 5.32 Å². The van der Waals surface area contributed by atoms with Gasteiger partial charge >= 0.3 is 0 Å². The summed E-state index contributed by atoms with van der Waals surface area (Å²) in [4.78, 5) is 12.0. The fraction of sp³-hybridized carbons (Fsp3) is 0.167. The number of aromatic nitrogens is 3. The third kappa shape index (κ3) is 4.18. The smallest absolute Gasteiger partial charge is 0.249 e. The number of rotatable bonds is 5. The molecule has 0 aliphatic rings. The van der Waals surface area contributed by atoms with Crippen LogP contribution in [0.2, 0.25) is 5.28 Å². The van der Waals surface area contributed by atoms with Gasteiger partial charge in [0.2, 0.25) is 17.2 Å². The Hall–Kier alpha value is -2.21. The van der Waals surface area contributed by atoms with Crippen LogP contribution in [0.3, 0.4) is 0 Å². The van der Waals surface area contributed by atoms with Crippen molar-refractivity contribution in [1.29, 1.82) is 0 Å². The molecule has 0 saturated heterocycles. The SMILES string of the molecule is CCNc1nc(Cl)nc(NN=Cc2ccccc2)n1. The van der Waals surface area contributed by atoms with Crippen LogP contribution >= 0.6 is 11.6 Å². The Labute approximate surface area is 116 Å². The second-order valence-electron chi connectivity index (χ2n) is 3.56. The van der Waals surface area contributed by atoms with Crippen molar-refractivity contribution in [3.8, 4) is 0 Å². The molecule has 1 aromatic carbocycles. The third-order valence-corrected chi connectivity index (χ3v) is 2.29. The quantitative estimate of drug-likeness (QED) is 0.648. The average molecular weight is 277 g/mol. The predicted octanol–water partition coefficient (Wildman–Crippen LogP) is 2.40. The largest absolute Gasteiger partial charge is 0.354 e. The highest BCUT2D eigenvalue weighted by molar-refractivity contribution is 6.28. The van der Waals surface area contributed by atoms with Gasteiger partial charge in [-0.25, -0.2) is 5.43 Å². The van der Waals surface area contributed by atoms with Crippen molar-refractivity contribution >= 4 is 29.7 Å². The first-order valence-electron chi connectivity index (χ1n) is 5.77. The maximum atomic E-state index is 5.79. The van der Waals surface area contributed by atoms with Crippen molar-refractivity contribution < 1.29 is 0 Å². The van der Waals surface area contributed by atoms with Crippen LogP contribution in [-0.4, -0.2) is 27.7 Å². The van der Waals surface area contributed by atoms with E-state index in [9.17, 15) is 0 Å². The Morgan fingerprint density at radius 3 is 2.63 bits per heavy atom. The molecule has 2 aromatic rings. The van der Waals surface area contributed by atoms with Gasteiger partial charge in [-0.05, 0) is 24.1 Å². The number of nitrogens with one attached hydrogen (secondary N) is 2. The summed E-state index contributed by atoms with van der Waals surface area (Å²) in [6.45, 7) is 2.64. The topological polar surface area (TPSA) is 75.1 Å². The molecule has 7 heteroatoms. The predicted molar refractivity (Wildman–Crippen MR) is 76.7 cm³/mol. The number of benzene rings is 1. The molecule has 0 saturated carbocycles. The molecule has 19 heavy (non-hydrogen) atoms. The van der Waals surface area contributed by atoms with Crippen molar-refractivity contribution in [2.45, 2.75) is 6.92 Å². The molecule has 0 fully saturated rings. The van der Waals surface area contributed by atoms with Crippen molar-refractivity contribution in [3.05, 3.63) is 41.2 Å². The zero-order valence-corrected chi connectivity index (χ0v) is 11.1. The van der Waals surface area contributed by atoms with E-state index in [-0.39, 0.29) is 5.28 Å². The zero-order valence-electron chi connectivity index (χ0n) is 10.3. The van der Waals surface area contributed by atoms with Crippen LogP contribution in [0.4, 0.5) is 11.9 Å². The first-order chi connectivity index (χ1) is 9.28. The highest BCUT2D eigenvalue weighted by Gasteiger charge is 2.02. The van der Waals surface area contributed by atoms with Crippen LogP contribution in [0.1, 0.15) is 12.5 Å². The van der Waals surface area contributed by atoms with Crippen LogP contribution in [-0.2, 0) is 0 Å². The van der Waals surface area contributed by atoms with E-state index in [1.165, 1.54) is 0 Å². The Bertz CT molecular complexity index is 557. The number of halogens is 1. The van der Waals surface area contributed by atoms with Crippen molar-refractivity contribution in [3.63, 3.8) is 0 Å². The summed E-state index contributed by atoms with van der Waals surface area (Å²) in [6.07, 6.45) is 1.67. The molecule has 1 aromatic heterocycles. The number of hydrogen-bond acceptors (Lipinski definition) is 6. The van der Waals surface area contributed by atoms with Gasteiger partial charge in [0.05, 0.1) is 6.21 Å². The van der Waals surface area contributed by atoms with Gasteiger partial charge in [-0.1, -0.05) is 30.3 Å². The van der Waals surface area contributed by atoms with Crippen LogP contribution in [0.15, 0.2) is 35.4 Å². The lowest BCUT2D eigenvalue weighted by Gasteiger charge is -2.03. The Morgan fingerprint density at radius 1 is 1.16 bits per heavy atom. The summed E-state index contributed by atoms with van der Waals surface area (Å²) < 4.78 is 0. The van der Waals surface area contributed by atoms with Gasteiger partial charge in [-0.3, -0.25) is 0 Å². The second-order valence-corrected chi connectivity index (χ2v) is 3.90. The zero-order chi connectivity index (χ0) is 13.5. The van der Waals surface area contributed by atoms with E-state index in [1.54, 1.807) is 6.21 Å². The standard InChI is InChI=1S/C12H13ClN6/c1-2-14-11-16-10(13)17-12(18-11)19-15-8-9-6-4-3-5-7-9/h3-8H,2H2,1H3,(H2,14,16,17,18,19). The molecule has 0 aliphatic carbocycles. The van der Waals surface area contributed by atoms with E-state index in [0.717, 1.165) is 5.56 Å². The molecule has 0 atom stereocenters. The number of hydrogen-bond donors (Lipinski definition) is 2. The van der Waals surface area contributed by atoms with E-state index in [0.29, 0.717) is 18.4 Å². The Balaban J connectivity index is 2.05. The fourth-order valence-electron chi connectivity index (χ4n) is 1.34. The third-order valence-electron chi connectivity index (χ3n) is 2.12. The Kier molecular flexibility index (Phi) is 4.63. The van der Waals surface area contributed by atoms with E-state index < -0.39 is 0 Å². The molecule has 0 amide bonds. The lowest BCUT2D eigenvalue weighted by Crippen LogP contribution is -2.06. The molecule has 0 spiro atoms. The minimum absolute atomic E-state index is 0.114. The monoisotopic (exact) mass is 276 g/mol. The summed E-state index contributed by atoms with van der Waals surface area (Å²) in [6, 6.07) is 9.69. The van der Waals surface area contributed by atoms with Crippen LogP contribution in [0.5, 0.6) is 0 Å². The van der Waals surface area contributed by atoms with Gasteiger partial charge in [0.15, 0.2) is 0 Å². The van der Waals surface area contributed by atoms with Crippen molar-refractivity contribution in [2.75, 3.05) is 17.3 Å². The van der Waals surface area contributed by atoms with Crippen LogP contribution < -0.4 is 10.7 Å². The summed E-state index contributed by atoms with van der Waals surface area (Å²) in [5.41, 5.74) is 3.69. The van der Waals surface area contributed by atoms with Crippen molar-refractivity contribution in [2.24, 2.45) is 5.10 Å². The van der Waals surface area contributed by atoms with Gasteiger partial charge in [0, 0.05) is 6.54 Å². The summed E-state index contributed by atoms with van der Waals surface area (Å²) in [7, 11) is 0. The minimum Gasteiger partial charge on any atom is -0.354 e. The molecule has 2 rings (SSSR count). The van der Waals surface area contributed by atoms with Gasteiger partial charge in [-0.15, -0.1) is 0 Å². The maximum Gasteiger partial charge on any atom is 0.249 e. The lowest BCUT2D eigenvalue weighted by molar-refractivity contribution is 1.01. The molecular weight excluding hydrogens is 264 g/mol. The fourth-order valence-corrected chi connectivity index (χ4v) is 1.50. The van der Waals surface area contributed by atoms with E-state index >= 15 is 0 Å². The van der Waals surface area contributed by atoms with E-state index in [1.807, 2.05) is 37.3 Å². The maximum absolute atomic E-state index is 5.79. The van der Waals surface area contributed by atoms with Crippen molar-refractivity contribution in [1.82, 2.24) is 15.0 Å². The lowest BCUT2D eigenvalue weighted by atomic mass is 10.2. The number of anilines is 2. The number of nitrogens with zero attached hydrogens (tertiary/aromatic N) is 4. The highest BCUT2D eigenvalue weighted by Crippen LogP contribution is 2.09. The number of hydrazone groups is 1. The van der Waals surface area contributed by atoms with Gasteiger partial charge in [-0.2, -0.15) is 20.1 Å². The van der Waals surface area contributed by atoms with Crippen LogP contribution in [0.25, 0.3) is 0 Å². The highest BCUT2D eigenvalue weighted by atomic mass is 35.5. The van der Waals surface area contributed by atoms with Gasteiger partial charge in [0.25, 0.3) is 0 Å². The first kappa shape index (κ1) is 13.2. The summed E-state index contributed by atoms with van der Waals surface area (Å²) in [5.74, 6) is 0.711. The van der Waals surface area contributed by atoms with E-state index in [2.05, 4.69) is 30.8 Å². The molecule has 0 unspecified atom stereocenters. The summed E-state index contributed by atoms with van der Waals surface area (Å²) in [5, 5.41) is 7.11. The average Bonchev–Trinajstić information content (AvgIpc) is 2.40. The minimum atomic E-state index is 0.114. The van der Waals surface area contributed by atoms with Crippen LogP contribution in [0, 0.1) is 0 Å². The normalized spacial score (nSPS) is 10.6. The van der Waals surface area contributed by atoms with E-state index in [4.69, 9.17) is 11.6 Å². The molecular formula is C12H13ClN6. The second kappa shape index (κ2) is 6.65. The molecule has 0 radical (unpaired) electrons. The first-order valence-corrected chi connectivity index (χ1v) is 6.15. The Morgan fingerprint density at radius 2 is 1.89 bits per heavy atom. The molecule has 0 aliphatic heterocycles. The molecule has 98 valence electrons. The molecule has 0 bridgehead atoms.